The second-order valence-corrected chi connectivity index (χ2v) is 8.63. The molecule has 3 rings (SSSR count). The van der Waals surface area contributed by atoms with Crippen LogP contribution in [-0.2, 0) is 6.42 Å². The highest BCUT2D eigenvalue weighted by molar-refractivity contribution is 7.79. The van der Waals surface area contributed by atoms with Crippen molar-refractivity contribution in [2.24, 2.45) is 0 Å². The smallest absolute Gasteiger partial charge is 0.0119 e. The van der Waals surface area contributed by atoms with Crippen molar-refractivity contribution >= 4 is 23.8 Å². The predicted molar refractivity (Wildman–Crippen MR) is 113 cm³/mol. The van der Waals surface area contributed by atoms with E-state index < -0.39 is 7.92 Å². The van der Waals surface area contributed by atoms with Crippen molar-refractivity contribution < 1.29 is 0 Å². The Morgan fingerprint density at radius 2 is 1.16 bits per heavy atom. The Bertz CT molecular complexity index is 710. The fourth-order valence-corrected chi connectivity index (χ4v) is 5.77. The van der Waals surface area contributed by atoms with Crippen LogP contribution in [0.4, 0.5) is 0 Å². The van der Waals surface area contributed by atoms with Crippen LogP contribution in [0.25, 0.3) is 0 Å². The SMILES string of the molecule is CCCCCCc1ccccc1P(c1ccccc1)c1ccccc1. The van der Waals surface area contributed by atoms with Crippen LogP contribution in [0.2, 0.25) is 0 Å². The van der Waals surface area contributed by atoms with Gasteiger partial charge in [0.2, 0.25) is 0 Å². The largest absolute Gasteiger partial charge is 0.0654 e. The molecule has 0 saturated carbocycles. The molecule has 1 heteroatoms. The van der Waals surface area contributed by atoms with E-state index in [0.29, 0.717) is 0 Å². The van der Waals surface area contributed by atoms with E-state index in [1.807, 2.05) is 0 Å². The maximum absolute atomic E-state index is 2.35. The van der Waals surface area contributed by atoms with Gasteiger partial charge in [0.25, 0.3) is 0 Å². The summed E-state index contributed by atoms with van der Waals surface area (Å²) in [5.74, 6) is 0. The summed E-state index contributed by atoms with van der Waals surface area (Å²) in [4.78, 5) is 0. The summed E-state index contributed by atoms with van der Waals surface area (Å²) in [6, 6.07) is 31.1. The zero-order valence-electron chi connectivity index (χ0n) is 15.1. The minimum atomic E-state index is -0.491. The van der Waals surface area contributed by atoms with Crippen molar-refractivity contribution in [2.45, 2.75) is 39.0 Å². The maximum Gasteiger partial charge on any atom is -0.0119 e. The van der Waals surface area contributed by atoms with E-state index >= 15 is 0 Å². The quantitative estimate of drug-likeness (QED) is 0.370. The molecule has 0 N–H and O–H groups in total. The summed E-state index contributed by atoms with van der Waals surface area (Å²) in [5.41, 5.74) is 1.53. The number of rotatable bonds is 8. The molecule has 0 atom stereocenters. The van der Waals surface area contributed by atoms with Gasteiger partial charge in [-0.05, 0) is 42.2 Å². The van der Waals surface area contributed by atoms with Gasteiger partial charge in [0.15, 0.2) is 0 Å². The molecule has 0 bridgehead atoms. The first-order chi connectivity index (χ1) is 12.4. The lowest BCUT2D eigenvalue weighted by Crippen LogP contribution is -2.23. The number of benzene rings is 3. The average molecular weight is 346 g/mol. The lowest BCUT2D eigenvalue weighted by molar-refractivity contribution is 0.668. The third-order valence-corrected chi connectivity index (χ3v) is 7.11. The average Bonchev–Trinajstić information content (AvgIpc) is 2.68. The molecule has 3 aromatic carbocycles. The fraction of sp³-hybridized carbons (Fsp3) is 0.250. The third kappa shape index (κ3) is 4.80. The second-order valence-electron chi connectivity index (χ2n) is 6.45. The molecule has 0 nitrogen and oxygen atoms in total. The minimum absolute atomic E-state index is 0.491. The number of unbranched alkanes of at least 4 members (excludes halogenated alkanes) is 3. The van der Waals surface area contributed by atoms with Crippen molar-refractivity contribution in [3.05, 3.63) is 90.5 Å². The summed E-state index contributed by atoms with van der Waals surface area (Å²) in [5, 5.41) is 4.39. The lowest BCUT2D eigenvalue weighted by atomic mass is 10.1. The predicted octanol–water partition coefficient (Wildman–Crippen LogP) is 5.57. The van der Waals surface area contributed by atoms with Gasteiger partial charge in [-0.25, -0.2) is 0 Å². The van der Waals surface area contributed by atoms with Gasteiger partial charge in [-0.2, -0.15) is 0 Å². The highest BCUT2D eigenvalue weighted by Crippen LogP contribution is 2.34. The van der Waals surface area contributed by atoms with Crippen LogP contribution in [0.5, 0.6) is 0 Å². The molecule has 0 unspecified atom stereocenters. The van der Waals surface area contributed by atoms with Gasteiger partial charge in [0.05, 0.1) is 0 Å². The van der Waals surface area contributed by atoms with E-state index in [4.69, 9.17) is 0 Å². The Labute approximate surface area is 153 Å². The molecule has 0 heterocycles. The van der Waals surface area contributed by atoms with Crippen molar-refractivity contribution in [3.63, 3.8) is 0 Å². The van der Waals surface area contributed by atoms with E-state index in [9.17, 15) is 0 Å². The summed E-state index contributed by atoms with van der Waals surface area (Å²) in [6.07, 6.45) is 6.45. The first-order valence-electron chi connectivity index (χ1n) is 9.38. The highest BCUT2D eigenvalue weighted by atomic mass is 31.1. The van der Waals surface area contributed by atoms with Crippen LogP contribution >= 0.6 is 7.92 Å². The molecule has 0 spiro atoms. The molecule has 0 aliphatic heterocycles. The van der Waals surface area contributed by atoms with Gasteiger partial charge >= 0.3 is 0 Å². The maximum atomic E-state index is 2.35. The molecule has 0 saturated heterocycles. The molecule has 25 heavy (non-hydrogen) atoms. The Balaban J connectivity index is 1.97. The Kier molecular flexibility index (Phi) is 6.83. The zero-order valence-corrected chi connectivity index (χ0v) is 16.0. The standard InChI is InChI=1S/C24H27P/c1-2-3-4-7-14-21-15-12-13-20-24(21)25(22-16-8-5-9-17-22)23-18-10-6-11-19-23/h5-6,8-13,15-20H,2-4,7,14H2,1H3. The molecule has 3 aromatic rings. The van der Waals surface area contributed by atoms with Gasteiger partial charge in [0.1, 0.15) is 0 Å². The summed E-state index contributed by atoms with van der Waals surface area (Å²) in [6.45, 7) is 2.28. The van der Waals surface area contributed by atoms with E-state index in [1.165, 1.54) is 53.6 Å². The second kappa shape index (κ2) is 9.54. The number of hydrogen-bond donors (Lipinski definition) is 0. The van der Waals surface area contributed by atoms with Crippen molar-refractivity contribution in [2.75, 3.05) is 0 Å². The Morgan fingerprint density at radius 3 is 1.76 bits per heavy atom. The zero-order chi connectivity index (χ0) is 17.3. The van der Waals surface area contributed by atoms with Gasteiger partial charge in [0, 0.05) is 0 Å². The summed E-state index contributed by atoms with van der Waals surface area (Å²) >= 11 is 0. The van der Waals surface area contributed by atoms with Crippen LogP contribution in [0.1, 0.15) is 38.2 Å². The summed E-state index contributed by atoms with van der Waals surface area (Å²) < 4.78 is 0. The molecular formula is C24H27P. The summed E-state index contributed by atoms with van der Waals surface area (Å²) in [7, 11) is -0.491. The van der Waals surface area contributed by atoms with Crippen molar-refractivity contribution in [3.8, 4) is 0 Å². The molecule has 0 fully saturated rings. The van der Waals surface area contributed by atoms with E-state index in [2.05, 4.69) is 91.9 Å². The Morgan fingerprint density at radius 1 is 0.600 bits per heavy atom. The van der Waals surface area contributed by atoms with Crippen LogP contribution in [0, 0.1) is 0 Å². The first-order valence-corrected chi connectivity index (χ1v) is 10.7. The van der Waals surface area contributed by atoms with E-state index in [1.54, 1.807) is 0 Å². The molecule has 0 radical (unpaired) electrons. The topological polar surface area (TPSA) is 0 Å². The van der Waals surface area contributed by atoms with Gasteiger partial charge in [-0.1, -0.05) is 111 Å². The van der Waals surface area contributed by atoms with Crippen LogP contribution in [0.15, 0.2) is 84.9 Å². The van der Waals surface area contributed by atoms with E-state index in [-0.39, 0.29) is 0 Å². The lowest BCUT2D eigenvalue weighted by Gasteiger charge is -2.22. The Hall–Kier alpha value is -1.91. The normalized spacial score (nSPS) is 11.0. The molecule has 0 aromatic heterocycles. The minimum Gasteiger partial charge on any atom is -0.0654 e. The van der Waals surface area contributed by atoms with Crippen LogP contribution in [-0.4, -0.2) is 0 Å². The van der Waals surface area contributed by atoms with Gasteiger partial charge in [-0.3, -0.25) is 0 Å². The van der Waals surface area contributed by atoms with Gasteiger partial charge in [-0.15, -0.1) is 0 Å². The molecule has 128 valence electrons. The molecular weight excluding hydrogens is 319 g/mol. The first kappa shape index (κ1) is 17.9. The molecule has 0 aliphatic rings. The third-order valence-electron chi connectivity index (χ3n) is 4.56. The van der Waals surface area contributed by atoms with Crippen LogP contribution in [0.3, 0.4) is 0 Å². The van der Waals surface area contributed by atoms with Crippen LogP contribution < -0.4 is 15.9 Å². The van der Waals surface area contributed by atoms with Gasteiger partial charge < -0.3 is 0 Å². The molecule has 0 amide bonds. The number of aryl methyl sites for hydroxylation is 1. The monoisotopic (exact) mass is 346 g/mol. The van der Waals surface area contributed by atoms with E-state index in [0.717, 1.165) is 0 Å². The highest BCUT2D eigenvalue weighted by Gasteiger charge is 2.18. The molecule has 0 aliphatic carbocycles. The fourth-order valence-electron chi connectivity index (χ4n) is 3.26. The number of hydrogen-bond acceptors (Lipinski definition) is 0. The van der Waals surface area contributed by atoms with Crippen molar-refractivity contribution in [1.29, 1.82) is 0 Å². The van der Waals surface area contributed by atoms with Crippen molar-refractivity contribution in [1.82, 2.24) is 0 Å².